The Morgan fingerprint density at radius 2 is 1.19 bits per heavy atom. The van der Waals surface area contributed by atoms with Crippen molar-refractivity contribution < 1.29 is 30.0 Å². The molecule has 2 rings (SSSR count). The molecule has 0 saturated heterocycles. The van der Waals surface area contributed by atoms with E-state index in [0.717, 1.165) is 9.75 Å². The number of aliphatic hydroxyl groups excluding tert-OH is 2. The molecule has 0 radical (unpaired) electrons. The smallest absolute Gasteiger partial charge is 0.306 e. The minimum Gasteiger partial charge on any atom is -0.481 e. The second kappa shape index (κ2) is 14.4. The van der Waals surface area contributed by atoms with Crippen molar-refractivity contribution in [2.24, 2.45) is 11.8 Å². The fourth-order valence-corrected chi connectivity index (χ4v) is 3.31. The zero-order valence-corrected chi connectivity index (χ0v) is 16.5. The van der Waals surface area contributed by atoms with Crippen LogP contribution in [0.2, 0.25) is 0 Å². The molecule has 0 aliphatic heterocycles. The fraction of sp³-hybridized carbons (Fsp3) is 0.444. The summed E-state index contributed by atoms with van der Waals surface area (Å²) in [6, 6.07) is 7.80. The van der Waals surface area contributed by atoms with Gasteiger partial charge in [0.15, 0.2) is 0 Å². The molecule has 8 heteroatoms. The van der Waals surface area contributed by atoms with Crippen molar-refractivity contribution in [2.45, 2.75) is 26.7 Å². The topological polar surface area (TPSA) is 115 Å². The molecule has 2 atom stereocenters. The molecule has 146 valence electrons. The third-order valence-electron chi connectivity index (χ3n) is 3.12. The van der Waals surface area contributed by atoms with E-state index in [9.17, 15) is 9.59 Å². The summed E-state index contributed by atoms with van der Waals surface area (Å²) >= 11 is 3.21. The van der Waals surface area contributed by atoms with Gasteiger partial charge >= 0.3 is 11.9 Å². The Morgan fingerprint density at radius 1 is 0.846 bits per heavy atom. The monoisotopic (exact) mass is 402 g/mol. The average molecular weight is 403 g/mol. The highest BCUT2D eigenvalue weighted by Gasteiger charge is 2.12. The SMILES string of the molecule is CC(Cc1cccs1)C(=O)O.CC(Cc1cccs1)C(=O)O.OCCO. The van der Waals surface area contributed by atoms with E-state index in [1.807, 2.05) is 35.0 Å². The van der Waals surface area contributed by atoms with Gasteiger partial charge in [-0.3, -0.25) is 9.59 Å². The summed E-state index contributed by atoms with van der Waals surface area (Å²) in [7, 11) is 0. The van der Waals surface area contributed by atoms with Crippen molar-refractivity contribution in [1.82, 2.24) is 0 Å². The summed E-state index contributed by atoms with van der Waals surface area (Å²) in [6.07, 6.45) is 1.29. The number of hydrogen-bond acceptors (Lipinski definition) is 6. The highest BCUT2D eigenvalue weighted by molar-refractivity contribution is 7.10. The van der Waals surface area contributed by atoms with Crippen LogP contribution in [0.3, 0.4) is 0 Å². The van der Waals surface area contributed by atoms with Gasteiger partial charge < -0.3 is 20.4 Å². The molecule has 0 aliphatic rings. The molecular formula is C18H26O6S2. The number of carboxylic acid groups (broad SMARTS) is 2. The standard InChI is InChI=1S/2C8H10O2S.C2H6O2/c2*1-6(8(9)10)5-7-3-2-4-11-7;3-1-2-4/h2*2-4,6H,5H2,1H3,(H,9,10);3-4H,1-2H2. The van der Waals surface area contributed by atoms with Crippen molar-refractivity contribution in [2.75, 3.05) is 13.2 Å². The third kappa shape index (κ3) is 11.8. The van der Waals surface area contributed by atoms with Crippen molar-refractivity contribution in [1.29, 1.82) is 0 Å². The van der Waals surface area contributed by atoms with Gasteiger partial charge in [0.1, 0.15) is 0 Å². The maximum atomic E-state index is 10.4. The molecule has 0 saturated carbocycles. The van der Waals surface area contributed by atoms with Gasteiger partial charge in [0, 0.05) is 9.75 Å². The first-order valence-electron chi connectivity index (χ1n) is 8.03. The largest absolute Gasteiger partial charge is 0.481 e. The lowest BCUT2D eigenvalue weighted by atomic mass is 10.1. The molecule has 2 aromatic rings. The van der Waals surface area contributed by atoms with E-state index in [-0.39, 0.29) is 25.0 Å². The summed E-state index contributed by atoms with van der Waals surface area (Å²) < 4.78 is 0. The van der Waals surface area contributed by atoms with E-state index >= 15 is 0 Å². The number of aliphatic carboxylic acids is 2. The van der Waals surface area contributed by atoms with Crippen LogP contribution in [0.4, 0.5) is 0 Å². The van der Waals surface area contributed by atoms with Gasteiger partial charge in [-0.25, -0.2) is 0 Å². The molecular weight excluding hydrogens is 376 g/mol. The van der Waals surface area contributed by atoms with E-state index in [2.05, 4.69) is 0 Å². The number of carboxylic acids is 2. The molecule has 0 spiro atoms. The lowest BCUT2D eigenvalue weighted by Crippen LogP contribution is -2.11. The Bertz CT molecular complexity index is 541. The predicted molar refractivity (Wildman–Crippen MR) is 104 cm³/mol. The quantitative estimate of drug-likeness (QED) is 0.566. The Balaban J connectivity index is 0.000000401. The first-order chi connectivity index (χ1) is 12.3. The van der Waals surface area contributed by atoms with Crippen LogP contribution >= 0.6 is 22.7 Å². The van der Waals surface area contributed by atoms with Gasteiger partial charge in [0.05, 0.1) is 25.0 Å². The normalized spacial score (nSPS) is 12.0. The average Bonchev–Trinajstić information content (AvgIpc) is 3.29. The van der Waals surface area contributed by atoms with Crippen molar-refractivity contribution in [3.63, 3.8) is 0 Å². The van der Waals surface area contributed by atoms with E-state index < -0.39 is 11.9 Å². The predicted octanol–water partition coefficient (Wildman–Crippen LogP) is 2.99. The number of rotatable bonds is 7. The zero-order chi connectivity index (χ0) is 19.9. The van der Waals surface area contributed by atoms with Gasteiger partial charge in [-0.15, -0.1) is 22.7 Å². The molecule has 2 unspecified atom stereocenters. The number of thiophene rings is 2. The maximum absolute atomic E-state index is 10.4. The van der Waals surface area contributed by atoms with Crippen LogP contribution in [0.15, 0.2) is 35.0 Å². The van der Waals surface area contributed by atoms with Gasteiger partial charge in [-0.2, -0.15) is 0 Å². The molecule has 2 aromatic heterocycles. The van der Waals surface area contributed by atoms with Crippen LogP contribution in [0.25, 0.3) is 0 Å². The van der Waals surface area contributed by atoms with Crippen LogP contribution in [0.5, 0.6) is 0 Å². The van der Waals surface area contributed by atoms with E-state index in [1.54, 1.807) is 36.5 Å². The summed E-state index contributed by atoms with van der Waals surface area (Å²) in [4.78, 5) is 23.1. The highest BCUT2D eigenvalue weighted by atomic mass is 32.1. The second-order valence-electron chi connectivity index (χ2n) is 5.49. The molecule has 26 heavy (non-hydrogen) atoms. The second-order valence-corrected chi connectivity index (χ2v) is 7.56. The van der Waals surface area contributed by atoms with Gasteiger partial charge in [0.25, 0.3) is 0 Å². The third-order valence-corrected chi connectivity index (χ3v) is 4.92. The fourth-order valence-electron chi connectivity index (χ4n) is 1.64. The minimum absolute atomic E-state index is 0.125. The van der Waals surface area contributed by atoms with Crippen molar-refractivity contribution in [3.05, 3.63) is 44.8 Å². The molecule has 0 aliphatic carbocycles. The minimum atomic E-state index is -0.724. The van der Waals surface area contributed by atoms with Gasteiger partial charge in [-0.05, 0) is 35.7 Å². The number of hydrogen-bond donors (Lipinski definition) is 4. The van der Waals surface area contributed by atoms with Crippen LogP contribution in [-0.2, 0) is 22.4 Å². The van der Waals surface area contributed by atoms with Gasteiger partial charge in [-0.1, -0.05) is 26.0 Å². The van der Waals surface area contributed by atoms with E-state index in [0.29, 0.717) is 12.8 Å². The number of aliphatic hydroxyl groups is 2. The van der Waals surface area contributed by atoms with Crippen molar-refractivity contribution >= 4 is 34.6 Å². The Morgan fingerprint density at radius 3 is 1.38 bits per heavy atom. The van der Waals surface area contributed by atoms with Crippen LogP contribution in [-0.4, -0.2) is 45.6 Å². The van der Waals surface area contributed by atoms with E-state index in [4.69, 9.17) is 20.4 Å². The Kier molecular flexibility index (Phi) is 13.5. The molecule has 2 heterocycles. The molecule has 4 N–H and O–H groups in total. The summed E-state index contributed by atoms with van der Waals surface area (Å²) in [5, 5.41) is 36.3. The highest BCUT2D eigenvalue weighted by Crippen LogP contribution is 2.14. The molecule has 0 amide bonds. The lowest BCUT2D eigenvalue weighted by molar-refractivity contribution is -0.142. The first kappa shape index (κ1) is 24.3. The Labute approximate surface area is 161 Å². The zero-order valence-electron chi connectivity index (χ0n) is 14.9. The summed E-state index contributed by atoms with van der Waals surface area (Å²) in [6.45, 7) is 3.20. The maximum Gasteiger partial charge on any atom is 0.306 e. The van der Waals surface area contributed by atoms with Gasteiger partial charge in [0.2, 0.25) is 0 Å². The molecule has 6 nitrogen and oxygen atoms in total. The van der Waals surface area contributed by atoms with Crippen LogP contribution in [0.1, 0.15) is 23.6 Å². The molecule has 0 fully saturated rings. The van der Waals surface area contributed by atoms with Crippen molar-refractivity contribution in [3.8, 4) is 0 Å². The summed E-state index contributed by atoms with van der Waals surface area (Å²) in [5.74, 6) is -1.99. The van der Waals surface area contributed by atoms with Crippen LogP contribution in [0, 0.1) is 11.8 Å². The lowest BCUT2D eigenvalue weighted by Gasteiger charge is -2.01. The first-order valence-corrected chi connectivity index (χ1v) is 9.79. The van der Waals surface area contributed by atoms with Crippen LogP contribution < -0.4 is 0 Å². The number of carbonyl (C=O) groups is 2. The summed E-state index contributed by atoms with van der Waals surface area (Å²) in [5.41, 5.74) is 0. The molecule has 0 aromatic carbocycles. The Hall–Kier alpha value is -1.74. The molecule has 0 bridgehead atoms. The van der Waals surface area contributed by atoms with E-state index in [1.165, 1.54) is 0 Å².